The third-order valence-corrected chi connectivity index (χ3v) is 4.77. The molecule has 1 N–H and O–H groups in total. The lowest BCUT2D eigenvalue weighted by molar-refractivity contribution is -0.385. The first kappa shape index (κ1) is 20.2. The number of benzene rings is 2. The molecule has 0 saturated carbocycles. The van der Waals surface area contributed by atoms with Gasteiger partial charge in [-0.05, 0) is 29.2 Å². The highest BCUT2D eigenvalue weighted by Gasteiger charge is 2.40. The molecular weight excluding hydrogens is 374 g/mol. The molecule has 0 aliphatic carbocycles. The monoisotopic (exact) mass is 395 g/mol. The Hall–Kier alpha value is -3.55. The maximum absolute atomic E-state index is 12.5. The highest BCUT2D eigenvalue weighted by atomic mass is 16.6. The van der Waals surface area contributed by atoms with Crippen LogP contribution in [0.5, 0.6) is 0 Å². The third-order valence-electron chi connectivity index (χ3n) is 4.77. The van der Waals surface area contributed by atoms with Crippen molar-refractivity contribution >= 4 is 29.1 Å². The zero-order valence-corrected chi connectivity index (χ0v) is 16.4. The zero-order valence-electron chi connectivity index (χ0n) is 16.4. The number of nitro benzene ring substituents is 1. The Morgan fingerprint density at radius 1 is 1.07 bits per heavy atom. The standard InChI is InChI=1S/C21H21N3O5/c1-21(2,3)13-7-9-14(10-8-13)22-17(25)11-12-23-19(26)15-5-4-6-16(24(28)29)18(15)20(23)27/h4-10H,11-12H2,1-3H3,(H,22,25). The molecule has 8 heteroatoms. The second kappa shape index (κ2) is 7.46. The van der Waals surface area contributed by atoms with E-state index in [1.807, 2.05) is 12.1 Å². The minimum Gasteiger partial charge on any atom is -0.326 e. The van der Waals surface area contributed by atoms with E-state index in [1.165, 1.54) is 18.2 Å². The highest BCUT2D eigenvalue weighted by molar-refractivity contribution is 6.23. The summed E-state index contributed by atoms with van der Waals surface area (Å²) >= 11 is 0. The average molecular weight is 395 g/mol. The van der Waals surface area contributed by atoms with Gasteiger partial charge >= 0.3 is 0 Å². The van der Waals surface area contributed by atoms with Crippen LogP contribution in [0.4, 0.5) is 11.4 Å². The molecule has 0 bridgehead atoms. The molecule has 3 amide bonds. The molecule has 0 atom stereocenters. The molecule has 1 heterocycles. The summed E-state index contributed by atoms with van der Waals surface area (Å²) in [6.07, 6.45) is -0.111. The van der Waals surface area contributed by atoms with Gasteiger partial charge in [-0.25, -0.2) is 0 Å². The van der Waals surface area contributed by atoms with Gasteiger partial charge in [0.15, 0.2) is 0 Å². The highest BCUT2D eigenvalue weighted by Crippen LogP contribution is 2.30. The van der Waals surface area contributed by atoms with Gasteiger partial charge in [0.05, 0.1) is 10.5 Å². The van der Waals surface area contributed by atoms with Gasteiger partial charge in [-0.1, -0.05) is 39.0 Å². The summed E-state index contributed by atoms with van der Waals surface area (Å²) in [6.45, 7) is 6.11. The Bertz CT molecular complexity index is 1010. The Balaban J connectivity index is 1.65. The van der Waals surface area contributed by atoms with Crippen molar-refractivity contribution in [2.24, 2.45) is 0 Å². The van der Waals surface area contributed by atoms with Gasteiger partial charge in [-0.3, -0.25) is 29.4 Å². The Labute approximate surface area is 167 Å². The molecule has 1 aliphatic heterocycles. The maximum atomic E-state index is 12.5. The fourth-order valence-electron chi connectivity index (χ4n) is 3.16. The van der Waals surface area contributed by atoms with E-state index in [0.717, 1.165) is 10.5 Å². The van der Waals surface area contributed by atoms with Crippen LogP contribution in [0.3, 0.4) is 0 Å². The van der Waals surface area contributed by atoms with Crippen LogP contribution in [0.15, 0.2) is 42.5 Å². The van der Waals surface area contributed by atoms with Crippen molar-refractivity contribution in [3.8, 4) is 0 Å². The van der Waals surface area contributed by atoms with Crippen molar-refractivity contribution in [3.05, 3.63) is 69.3 Å². The first-order valence-electron chi connectivity index (χ1n) is 9.13. The maximum Gasteiger partial charge on any atom is 0.282 e. The summed E-state index contributed by atoms with van der Waals surface area (Å²) in [7, 11) is 0. The molecule has 0 radical (unpaired) electrons. The normalized spacial score (nSPS) is 13.4. The quantitative estimate of drug-likeness (QED) is 0.473. The van der Waals surface area contributed by atoms with Crippen LogP contribution in [-0.2, 0) is 10.2 Å². The van der Waals surface area contributed by atoms with Crippen molar-refractivity contribution in [3.63, 3.8) is 0 Å². The molecule has 3 rings (SSSR count). The molecule has 0 unspecified atom stereocenters. The molecule has 150 valence electrons. The van der Waals surface area contributed by atoms with Crippen LogP contribution >= 0.6 is 0 Å². The van der Waals surface area contributed by atoms with Crippen LogP contribution in [0.2, 0.25) is 0 Å². The van der Waals surface area contributed by atoms with Crippen molar-refractivity contribution < 1.29 is 19.3 Å². The van der Waals surface area contributed by atoms with Gasteiger partial charge in [0.2, 0.25) is 5.91 Å². The minimum atomic E-state index is -0.750. The summed E-state index contributed by atoms with van der Waals surface area (Å²) in [5, 5.41) is 13.9. The number of anilines is 1. The SMILES string of the molecule is CC(C)(C)c1ccc(NC(=O)CCN2C(=O)c3cccc([N+](=O)[O-])c3C2=O)cc1. The largest absolute Gasteiger partial charge is 0.326 e. The van der Waals surface area contributed by atoms with E-state index in [1.54, 1.807) is 12.1 Å². The number of fused-ring (bicyclic) bond motifs is 1. The molecule has 8 nitrogen and oxygen atoms in total. The first-order chi connectivity index (χ1) is 13.6. The van der Waals surface area contributed by atoms with E-state index in [9.17, 15) is 24.5 Å². The Kier molecular flexibility index (Phi) is 5.19. The lowest BCUT2D eigenvalue weighted by atomic mass is 9.87. The zero-order chi connectivity index (χ0) is 21.3. The van der Waals surface area contributed by atoms with Crippen molar-refractivity contribution in [1.82, 2.24) is 4.90 Å². The summed E-state index contributed by atoms with van der Waals surface area (Å²) in [6, 6.07) is 11.4. The van der Waals surface area contributed by atoms with Gasteiger partial charge < -0.3 is 5.32 Å². The molecule has 29 heavy (non-hydrogen) atoms. The minimum absolute atomic E-state index is 0.00334. The number of amides is 3. The molecule has 2 aromatic rings. The summed E-state index contributed by atoms with van der Waals surface area (Å²) in [4.78, 5) is 48.5. The van der Waals surface area contributed by atoms with E-state index in [0.29, 0.717) is 5.69 Å². The Morgan fingerprint density at radius 3 is 2.31 bits per heavy atom. The van der Waals surface area contributed by atoms with E-state index in [4.69, 9.17) is 0 Å². The second-order valence-corrected chi connectivity index (χ2v) is 7.84. The first-order valence-corrected chi connectivity index (χ1v) is 9.13. The average Bonchev–Trinajstić information content (AvgIpc) is 2.90. The number of carbonyl (C=O) groups excluding carboxylic acids is 3. The fraction of sp³-hybridized carbons (Fsp3) is 0.286. The number of nitrogens with zero attached hydrogens (tertiary/aromatic N) is 2. The van der Waals surface area contributed by atoms with Gasteiger partial charge in [-0.15, -0.1) is 0 Å². The van der Waals surface area contributed by atoms with E-state index in [-0.39, 0.29) is 35.4 Å². The van der Waals surface area contributed by atoms with E-state index in [2.05, 4.69) is 26.1 Å². The van der Waals surface area contributed by atoms with E-state index < -0.39 is 22.4 Å². The van der Waals surface area contributed by atoms with Crippen LogP contribution in [0.25, 0.3) is 0 Å². The molecule has 0 aromatic heterocycles. The van der Waals surface area contributed by atoms with Gasteiger partial charge in [-0.2, -0.15) is 0 Å². The summed E-state index contributed by atoms with van der Waals surface area (Å²) in [5.41, 5.74) is 1.09. The van der Waals surface area contributed by atoms with Crippen molar-refractivity contribution in [2.75, 3.05) is 11.9 Å². The number of hydrogen-bond acceptors (Lipinski definition) is 5. The van der Waals surface area contributed by atoms with Crippen LogP contribution < -0.4 is 5.32 Å². The predicted octanol–water partition coefficient (Wildman–Crippen LogP) is 3.52. The molecule has 0 saturated heterocycles. The van der Waals surface area contributed by atoms with Crippen LogP contribution in [0, 0.1) is 10.1 Å². The molecule has 0 spiro atoms. The van der Waals surface area contributed by atoms with E-state index >= 15 is 0 Å². The summed E-state index contributed by atoms with van der Waals surface area (Å²) < 4.78 is 0. The number of imide groups is 1. The lowest BCUT2D eigenvalue weighted by Crippen LogP contribution is -2.33. The van der Waals surface area contributed by atoms with Crippen molar-refractivity contribution in [2.45, 2.75) is 32.6 Å². The van der Waals surface area contributed by atoms with Gasteiger partial charge in [0.25, 0.3) is 17.5 Å². The van der Waals surface area contributed by atoms with Crippen LogP contribution in [-0.4, -0.2) is 34.1 Å². The van der Waals surface area contributed by atoms with Gasteiger partial charge in [0.1, 0.15) is 5.56 Å². The number of nitro groups is 1. The van der Waals surface area contributed by atoms with Gasteiger partial charge in [0, 0.05) is 24.7 Å². The lowest BCUT2D eigenvalue weighted by Gasteiger charge is -2.19. The number of hydrogen-bond donors (Lipinski definition) is 1. The van der Waals surface area contributed by atoms with Crippen molar-refractivity contribution in [1.29, 1.82) is 0 Å². The predicted molar refractivity (Wildman–Crippen MR) is 107 cm³/mol. The number of carbonyl (C=O) groups is 3. The molecule has 1 aliphatic rings. The fourth-order valence-corrected chi connectivity index (χ4v) is 3.16. The molecule has 0 fully saturated rings. The smallest absolute Gasteiger partial charge is 0.282 e. The molecule has 2 aromatic carbocycles. The topological polar surface area (TPSA) is 110 Å². The number of nitrogens with one attached hydrogen (secondary N) is 1. The van der Waals surface area contributed by atoms with Crippen LogP contribution in [0.1, 0.15) is 53.5 Å². The third kappa shape index (κ3) is 4.01. The summed E-state index contributed by atoms with van der Waals surface area (Å²) in [5.74, 6) is -1.74. The Morgan fingerprint density at radius 2 is 1.72 bits per heavy atom. The number of rotatable bonds is 5. The second-order valence-electron chi connectivity index (χ2n) is 7.84. The molecular formula is C21H21N3O5.